The van der Waals surface area contributed by atoms with E-state index in [1.165, 1.54) is 18.6 Å². The minimum Gasteiger partial charge on any atom is -0.339 e. The highest BCUT2D eigenvalue weighted by Crippen LogP contribution is 2.09. The van der Waals surface area contributed by atoms with Crippen molar-refractivity contribution in [2.45, 2.75) is 38.9 Å². The van der Waals surface area contributed by atoms with Gasteiger partial charge in [0.05, 0.1) is 6.20 Å². The molecule has 28 heavy (non-hydrogen) atoms. The fourth-order valence-corrected chi connectivity index (χ4v) is 2.63. The molecule has 2 atom stereocenters. The molecule has 9 nitrogen and oxygen atoms in total. The highest BCUT2D eigenvalue weighted by atomic mass is 16.8. The number of carbonyl (C=O) groups excluding carboxylic acids is 2. The lowest BCUT2D eigenvalue weighted by Gasteiger charge is -2.26. The van der Waals surface area contributed by atoms with Crippen LogP contribution in [0.25, 0.3) is 0 Å². The molecule has 9 heteroatoms. The maximum Gasteiger partial charge on any atom is 0.272 e. The van der Waals surface area contributed by atoms with Crippen molar-refractivity contribution in [3.05, 3.63) is 60.2 Å². The molecule has 0 aliphatic heterocycles. The summed E-state index contributed by atoms with van der Waals surface area (Å²) in [5, 5.41) is 24.0. The van der Waals surface area contributed by atoms with Gasteiger partial charge in [0.2, 0.25) is 5.91 Å². The molecule has 1 heterocycles. The summed E-state index contributed by atoms with van der Waals surface area (Å²) in [6.07, 6.45) is 3.67. The smallest absolute Gasteiger partial charge is 0.272 e. The molecule has 1 aromatic carbocycles. The van der Waals surface area contributed by atoms with Crippen molar-refractivity contribution in [3.63, 3.8) is 0 Å². The van der Waals surface area contributed by atoms with E-state index in [-0.39, 0.29) is 23.3 Å². The van der Waals surface area contributed by atoms with Gasteiger partial charge in [0.15, 0.2) is 0 Å². The number of hydrogen-bond acceptors (Lipinski definition) is 7. The molecule has 0 aliphatic rings. The Morgan fingerprint density at radius 3 is 2.39 bits per heavy atom. The molecule has 0 saturated carbocycles. The molecule has 0 aliphatic carbocycles. The molecule has 2 rings (SSSR count). The summed E-state index contributed by atoms with van der Waals surface area (Å²) < 4.78 is 0. The zero-order valence-electron chi connectivity index (χ0n) is 15.8. The first-order valence-electron chi connectivity index (χ1n) is 8.95. The largest absolute Gasteiger partial charge is 0.339 e. The third-order valence-electron chi connectivity index (χ3n) is 3.98. The Hall–Kier alpha value is -2.88. The minimum absolute atomic E-state index is 0.0258. The number of aromatic nitrogens is 2. The van der Waals surface area contributed by atoms with E-state index >= 15 is 0 Å². The second-order valence-corrected chi connectivity index (χ2v) is 6.78. The molecule has 0 saturated heterocycles. The van der Waals surface area contributed by atoms with Gasteiger partial charge in [-0.15, -0.1) is 0 Å². The fraction of sp³-hybridized carbons (Fsp3) is 0.368. The van der Waals surface area contributed by atoms with Gasteiger partial charge in [-0.3, -0.25) is 25.0 Å². The average Bonchev–Trinajstić information content (AvgIpc) is 2.68. The van der Waals surface area contributed by atoms with Crippen molar-refractivity contribution in [1.82, 2.24) is 25.8 Å². The summed E-state index contributed by atoms with van der Waals surface area (Å²) in [6.45, 7) is 3.78. The van der Waals surface area contributed by atoms with Gasteiger partial charge in [-0.25, -0.2) is 4.98 Å². The third-order valence-corrected chi connectivity index (χ3v) is 3.98. The maximum atomic E-state index is 12.8. The highest BCUT2D eigenvalue weighted by Gasteiger charge is 2.27. The average molecular weight is 387 g/mol. The Morgan fingerprint density at radius 2 is 1.82 bits per heavy atom. The maximum absolute atomic E-state index is 12.8. The second kappa shape index (κ2) is 10.5. The van der Waals surface area contributed by atoms with E-state index in [2.05, 4.69) is 20.6 Å². The Morgan fingerprint density at radius 1 is 1.11 bits per heavy atom. The van der Waals surface area contributed by atoms with Gasteiger partial charge in [-0.2, -0.15) is 0 Å². The molecular weight excluding hydrogens is 362 g/mol. The first kappa shape index (κ1) is 21.4. The number of nitrogens with one attached hydrogen (secondary N) is 2. The van der Waals surface area contributed by atoms with Crippen LogP contribution in [0.4, 0.5) is 0 Å². The van der Waals surface area contributed by atoms with Crippen molar-refractivity contribution in [1.29, 1.82) is 0 Å². The van der Waals surface area contributed by atoms with Gasteiger partial charge < -0.3 is 10.6 Å². The van der Waals surface area contributed by atoms with Crippen LogP contribution < -0.4 is 10.6 Å². The van der Waals surface area contributed by atoms with Gasteiger partial charge in [0, 0.05) is 18.8 Å². The van der Waals surface area contributed by atoms with Gasteiger partial charge in [-0.05, 0) is 23.1 Å². The van der Waals surface area contributed by atoms with Gasteiger partial charge >= 0.3 is 0 Å². The molecular formula is C19H25N5O4. The Balaban J connectivity index is 2.16. The summed E-state index contributed by atoms with van der Waals surface area (Å²) >= 11 is 0. The van der Waals surface area contributed by atoms with Gasteiger partial charge in [-0.1, -0.05) is 44.2 Å². The summed E-state index contributed by atoms with van der Waals surface area (Å²) in [7, 11) is 0. The predicted octanol–water partition coefficient (Wildman–Crippen LogP) is 1.39. The van der Waals surface area contributed by atoms with Crippen LogP contribution in [0.2, 0.25) is 0 Å². The zero-order valence-corrected chi connectivity index (χ0v) is 15.8. The van der Waals surface area contributed by atoms with Crippen LogP contribution in [-0.4, -0.2) is 49.6 Å². The summed E-state index contributed by atoms with van der Waals surface area (Å²) in [5.74, 6) is -0.983. The lowest BCUT2D eigenvalue weighted by Crippen LogP contribution is -2.54. The number of rotatable bonds is 9. The summed E-state index contributed by atoms with van der Waals surface area (Å²) in [6, 6.07) is 8.26. The lowest BCUT2D eigenvalue weighted by molar-refractivity contribution is -0.337. The second-order valence-electron chi connectivity index (χ2n) is 6.78. The Labute approximate surface area is 163 Å². The van der Waals surface area contributed by atoms with Crippen molar-refractivity contribution in [2.75, 3.05) is 0 Å². The van der Waals surface area contributed by atoms with Crippen molar-refractivity contribution < 1.29 is 20.0 Å². The number of benzene rings is 1. The number of amides is 2. The number of carbonyl (C=O) groups is 2. The SMILES string of the molecule is CC(C)C[C@H](NC(=O)[C@H](Cc1ccccc1)NC(=O)c1cnccn1)N(O)O. The van der Waals surface area contributed by atoms with Crippen molar-refractivity contribution in [3.8, 4) is 0 Å². The molecule has 150 valence electrons. The highest BCUT2D eigenvalue weighted by molar-refractivity contribution is 5.96. The first-order valence-corrected chi connectivity index (χ1v) is 8.95. The summed E-state index contributed by atoms with van der Waals surface area (Å²) in [5.41, 5.74) is 0.922. The molecule has 4 N–H and O–H groups in total. The van der Waals surface area contributed by atoms with Gasteiger partial charge in [0.1, 0.15) is 17.9 Å². The van der Waals surface area contributed by atoms with Crippen LogP contribution in [0.15, 0.2) is 48.9 Å². The van der Waals surface area contributed by atoms with Gasteiger partial charge in [0.25, 0.3) is 5.91 Å². The third kappa shape index (κ3) is 6.69. The number of hydrogen-bond donors (Lipinski definition) is 4. The van der Waals surface area contributed by atoms with Crippen LogP contribution in [0, 0.1) is 5.92 Å². The topological polar surface area (TPSA) is 128 Å². The molecule has 2 amide bonds. The van der Waals surface area contributed by atoms with E-state index in [1.54, 1.807) is 0 Å². The van der Waals surface area contributed by atoms with E-state index in [1.807, 2.05) is 44.2 Å². The van der Waals surface area contributed by atoms with Crippen LogP contribution in [0.5, 0.6) is 0 Å². The number of hydroxylamine groups is 2. The quantitative estimate of drug-likeness (QED) is 0.378. The lowest BCUT2D eigenvalue weighted by atomic mass is 10.0. The molecule has 1 aromatic heterocycles. The minimum atomic E-state index is -1.00. The molecule has 0 unspecified atom stereocenters. The van der Waals surface area contributed by atoms with E-state index < -0.39 is 24.0 Å². The van der Waals surface area contributed by atoms with E-state index in [0.29, 0.717) is 6.42 Å². The molecule has 0 bridgehead atoms. The Kier molecular flexibility index (Phi) is 8.00. The molecule has 0 spiro atoms. The van der Waals surface area contributed by atoms with Crippen molar-refractivity contribution in [2.24, 2.45) is 5.92 Å². The fourth-order valence-electron chi connectivity index (χ4n) is 2.63. The van der Waals surface area contributed by atoms with Crippen LogP contribution in [0.3, 0.4) is 0 Å². The molecule has 0 fully saturated rings. The Bertz CT molecular complexity index is 755. The number of nitrogens with zero attached hydrogens (tertiary/aromatic N) is 3. The van der Waals surface area contributed by atoms with Crippen molar-refractivity contribution >= 4 is 11.8 Å². The van der Waals surface area contributed by atoms with Crippen LogP contribution >= 0.6 is 0 Å². The van der Waals surface area contributed by atoms with E-state index in [0.717, 1.165) is 5.56 Å². The molecule has 2 aromatic rings. The van der Waals surface area contributed by atoms with Crippen LogP contribution in [0.1, 0.15) is 36.3 Å². The standard InChI is InChI=1S/C19H25N5O4/c1-13(2)10-17(24(27)28)23-18(25)15(11-14-6-4-3-5-7-14)22-19(26)16-12-20-8-9-21-16/h3-9,12-13,15,17,27-28H,10-11H2,1-2H3,(H,22,26)(H,23,25)/t15-,17+/m0/s1. The normalized spacial score (nSPS) is 13.2. The van der Waals surface area contributed by atoms with E-state index in [9.17, 15) is 20.0 Å². The summed E-state index contributed by atoms with van der Waals surface area (Å²) in [4.78, 5) is 33.0. The first-order chi connectivity index (χ1) is 13.4. The predicted molar refractivity (Wildman–Crippen MR) is 100 cm³/mol. The molecule has 0 radical (unpaired) electrons. The monoisotopic (exact) mass is 387 g/mol. The zero-order chi connectivity index (χ0) is 20.5. The van der Waals surface area contributed by atoms with E-state index in [4.69, 9.17) is 0 Å². The van der Waals surface area contributed by atoms with Crippen LogP contribution in [-0.2, 0) is 11.2 Å².